The van der Waals surface area contributed by atoms with Crippen LogP contribution in [0.3, 0.4) is 0 Å². The van der Waals surface area contributed by atoms with Gasteiger partial charge in [0.2, 0.25) is 5.91 Å². The molecular weight excluding hydrogens is 442 g/mol. The second kappa shape index (κ2) is 10.7. The lowest BCUT2D eigenvalue weighted by Gasteiger charge is -2.38. The summed E-state index contributed by atoms with van der Waals surface area (Å²) in [5.41, 5.74) is 6.63. The molecule has 1 aliphatic rings. The summed E-state index contributed by atoms with van der Waals surface area (Å²) in [7, 11) is 1.67. The monoisotopic (exact) mass is 473 g/mol. The maximum atomic E-state index is 14.4. The molecule has 3 heteroatoms. The van der Waals surface area contributed by atoms with Crippen molar-refractivity contribution in [3.05, 3.63) is 143 Å². The molecule has 0 aliphatic carbocycles. The highest BCUT2D eigenvalue weighted by Gasteiger charge is 2.38. The van der Waals surface area contributed by atoms with Gasteiger partial charge < -0.3 is 9.64 Å². The SMILES string of the molecule is COc1ccc(C2C=C(c3ccc(C)cc3)N(Cc3ccccc3)C(=O)C2Cc2ccccc2)cc1. The molecule has 4 aromatic carbocycles. The molecule has 1 aliphatic heterocycles. The highest BCUT2D eigenvalue weighted by atomic mass is 16.5. The van der Waals surface area contributed by atoms with E-state index in [-0.39, 0.29) is 17.7 Å². The highest BCUT2D eigenvalue weighted by Crippen LogP contribution is 2.41. The minimum absolute atomic E-state index is 0.0491. The van der Waals surface area contributed by atoms with Crippen LogP contribution in [0.2, 0.25) is 0 Å². The normalized spacial score (nSPS) is 17.6. The molecule has 180 valence electrons. The Balaban J connectivity index is 1.63. The van der Waals surface area contributed by atoms with Gasteiger partial charge in [0.05, 0.1) is 19.6 Å². The molecule has 1 amide bonds. The third kappa shape index (κ3) is 5.11. The number of aryl methyl sites for hydroxylation is 1. The Morgan fingerprint density at radius 3 is 1.97 bits per heavy atom. The van der Waals surface area contributed by atoms with Crippen molar-refractivity contribution in [2.24, 2.45) is 5.92 Å². The summed E-state index contributed by atoms with van der Waals surface area (Å²) < 4.78 is 5.39. The van der Waals surface area contributed by atoms with Crippen LogP contribution in [0, 0.1) is 12.8 Å². The molecular formula is C33H31NO2. The Morgan fingerprint density at radius 2 is 1.36 bits per heavy atom. The zero-order valence-electron chi connectivity index (χ0n) is 20.8. The van der Waals surface area contributed by atoms with Crippen LogP contribution in [0.4, 0.5) is 0 Å². The Labute approximate surface area is 213 Å². The van der Waals surface area contributed by atoms with Crippen molar-refractivity contribution < 1.29 is 9.53 Å². The van der Waals surface area contributed by atoms with Crippen LogP contribution >= 0.6 is 0 Å². The fourth-order valence-electron chi connectivity index (χ4n) is 4.99. The fourth-order valence-corrected chi connectivity index (χ4v) is 4.99. The van der Waals surface area contributed by atoms with E-state index in [1.807, 2.05) is 53.4 Å². The molecule has 0 saturated carbocycles. The van der Waals surface area contributed by atoms with Gasteiger partial charge in [0.25, 0.3) is 0 Å². The molecule has 36 heavy (non-hydrogen) atoms. The molecule has 0 bridgehead atoms. The predicted molar refractivity (Wildman–Crippen MR) is 146 cm³/mol. The quantitative estimate of drug-likeness (QED) is 0.288. The summed E-state index contributed by atoms with van der Waals surface area (Å²) >= 11 is 0. The average molecular weight is 474 g/mol. The zero-order chi connectivity index (χ0) is 24.9. The minimum atomic E-state index is -0.210. The van der Waals surface area contributed by atoms with Gasteiger partial charge in [-0.1, -0.05) is 109 Å². The van der Waals surface area contributed by atoms with E-state index in [2.05, 4.69) is 73.7 Å². The van der Waals surface area contributed by atoms with Crippen LogP contribution in [0.5, 0.6) is 5.75 Å². The second-order valence-corrected chi connectivity index (χ2v) is 9.42. The van der Waals surface area contributed by atoms with Gasteiger partial charge in [0.1, 0.15) is 5.75 Å². The van der Waals surface area contributed by atoms with E-state index in [1.54, 1.807) is 7.11 Å². The van der Waals surface area contributed by atoms with Crippen molar-refractivity contribution in [1.82, 2.24) is 4.90 Å². The van der Waals surface area contributed by atoms with E-state index in [0.717, 1.165) is 28.1 Å². The molecule has 2 unspecified atom stereocenters. The number of benzene rings is 4. The number of carbonyl (C=O) groups excluding carboxylic acids is 1. The van der Waals surface area contributed by atoms with E-state index in [0.29, 0.717) is 13.0 Å². The second-order valence-electron chi connectivity index (χ2n) is 9.42. The average Bonchev–Trinajstić information content (AvgIpc) is 2.93. The maximum Gasteiger partial charge on any atom is 0.231 e. The third-order valence-electron chi connectivity index (χ3n) is 6.97. The van der Waals surface area contributed by atoms with Gasteiger partial charge in [-0.05, 0) is 47.7 Å². The predicted octanol–water partition coefficient (Wildman–Crippen LogP) is 7.03. The van der Waals surface area contributed by atoms with Crippen molar-refractivity contribution in [3.8, 4) is 5.75 Å². The Hall–Kier alpha value is -4.11. The van der Waals surface area contributed by atoms with E-state index >= 15 is 0 Å². The van der Waals surface area contributed by atoms with E-state index in [4.69, 9.17) is 4.74 Å². The smallest absolute Gasteiger partial charge is 0.231 e. The van der Waals surface area contributed by atoms with Gasteiger partial charge in [0.15, 0.2) is 0 Å². The Kier molecular flexibility index (Phi) is 6.99. The van der Waals surface area contributed by atoms with Crippen LogP contribution in [0.25, 0.3) is 5.70 Å². The first kappa shape index (κ1) is 23.6. The molecule has 2 atom stereocenters. The van der Waals surface area contributed by atoms with Gasteiger partial charge in [-0.15, -0.1) is 0 Å². The lowest BCUT2D eigenvalue weighted by molar-refractivity contribution is -0.133. The van der Waals surface area contributed by atoms with Crippen LogP contribution in [-0.4, -0.2) is 17.9 Å². The maximum absolute atomic E-state index is 14.4. The van der Waals surface area contributed by atoms with Crippen molar-refractivity contribution >= 4 is 11.6 Å². The van der Waals surface area contributed by atoms with Crippen LogP contribution in [0.1, 0.15) is 33.7 Å². The Bertz CT molecular complexity index is 1330. The number of carbonyl (C=O) groups is 1. The lowest BCUT2D eigenvalue weighted by atomic mass is 9.77. The van der Waals surface area contributed by atoms with Gasteiger partial charge in [-0.2, -0.15) is 0 Å². The number of methoxy groups -OCH3 is 1. The van der Waals surface area contributed by atoms with Crippen molar-refractivity contribution in [2.45, 2.75) is 25.8 Å². The zero-order valence-corrected chi connectivity index (χ0v) is 20.8. The molecule has 0 N–H and O–H groups in total. The molecule has 4 aromatic rings. The minimum Gasteiger partial charge on any atom is -0.497 e. The number of allylic oxidation sites excluding steroid dienone is 1. The van der Waals surface area contributed by atoms with Gasteiger partial charge >= 0.3 is 0 Å². The first-order valence-corrected chi connectivity index (χ1v) is 12.4. The van der Waals surface area contributed by atoms with Gasteiger partial charge in [-0.3, -0.25) is 4.79 Å². The van der Waals surface area contributed by atoms with E-state index in [1.165, 1.54) is 11.1 Å². The molecule has 1 heterocycles. The Morgan fingerprint density at radius 1 is 0.750 bits per heavy atom. The summed E-state index contributed by atoms with van der Waals surface area (Å²) in [6.45, 7) is 2.63. The fraction of sp³-hybridized carbons (Fsp3) is 0.182. The summed E-state index contributed by atoms with van der Waals surface area (Å²) in [5, 5.41) is 0. The number of hydrogen-bond donors (Lipinski definition) is 0. The van der Waals surface area contributed by atoms with Crippen molar-refractivity contribution in [1.29, 1.82) is 0 Å². The van der Waals surface area contributed by atoms with E-state index < -0.39 is 0 Å². The molecule has 0 aromatic heterocycles. The number of hydrogen-bond acceptors (Lipinski definition) is 2. The first-order chi connectivity index (χ1) is 17.6. The summed E-state index contributed by atoms with van der Waals surface area (Å²) in [4.78, 5) is 16.3. The van der Waals surface area contributed by atoms with E-state index in [9.17, 15) is 4.79 Å². The molecule has 0 fully saturated rings. The highest BCUT2D eigenvalue weighted by molar-refractivity contribution is 5.92. The topological polar surface area (TPSA) is 29.5 Å². The molecule has 0 radical (unpaired) electrons. The van der Waals surface area contributed by atoms with Crippen LogP contribution in [-0.2, 0) is 17.8 Å². The lowest BCUT2D eigenvalue weighted by Crippen LogP contribution is -2.41. The number of rotatable bonds is 7. The largest absolute Gasteiger partial charge is 0.497 e. The third-order valence-corrected chi connectivity index (χ3v) is 6.97. The summed E-state index contributed by atoms with van der Waals surface area (Å²) in [6, 6.07) is 37.2. The molecule has 3 nitrogen and oxygen atoms in total. The number of nitrogens with zero attached hydrogens (tertiary/aromatic N) is 1. The van der Waals surface area contributed by atoms with Gasteiger partial charge in [-0.25, -0.2) is 0 Å². The van der Waals surface area contributed by atoms with Crippen molar-refractivity contribution in [3.63, 3.8) is 0 Å². The summed E-state index contributed by atoms with van der Waals surface area (Å²) in [5.74, 6) is 0.709. The standard InChI is InChI=1S/C33H31NO2/c1-24-13-15-28(16-14-24)32-22-30(27-17-19-29(36-2)20-18-27)31(21-25-9-5-3-6-10-25)33(35)34(32)23-26-11-7-4-8-12-26/h3-20,22,30-31H,21,23H2,1-2H3. The van der Waals surface area contributed by atoms with Crippen molar-refractivity contribution in [2.75, 3.05) is 7.11 Å². The number of ether oxygens (including phenoxy) is 1. The van der Waals surface area contributed by atoms with Gasteiger partial charge in [0, 0.05) is 11.6 Å². The summed E-state index contributed by atoms with van der Waals surface area (Å²) in [6.07, 6.45) is 2.98. The van der Waals surface area contributed by atoms with Crippen LogP contribution in [0.15, 0.2) is 115 Å². The number of amides is 1. The van der Waals surface area contributed by atoms with Crippen LogP contribution < -0.4 is 4.74 Å². The molecule has 0 spiro atoms. The molecule has 0 saturated heterocycles. The first-order valence-electron chi connectivity index (χ1n) is 12.4. The molecule has 5 rings (SSSR count).